The summed E-state index contributed by atoms with van der Waals surface area (Å²) >= 11 is 0. The minimum absolute atomic E-state index is 0.00295. The number of carbonyl (C=O) groups excluding carboxylic acids is 2. The van der Waals surface area contributed by atoms with Crippen molar-refractivity contribution < 1.29 is 14.3 Å². The molecule has 1 aliphatic carbocycles. The summed E-state index contributed by atoms with van der Waals surface area (Å²) in [7, 11) is 1.44. The van der Waals surface area contributed by atoms with Crippen molar-refractivity contribution >= 4 is 11.9 Å². The molecule has 4 unspecified atom stereocenters. The molecule has 5 rings (SSSR count). The zero-order valence-corrected chi connectivity index (χ0v) is 20.2. The van der Waals surface area contributed by atoms with Crippen molar-refractivity contribution in [1.29, 1.82) is 0 Å². The smallest absolute Gasteiger partial charge is 0.323 e. The number of hydrazine groups is 1. The van der Waals surface area contributed by atoms with Crippen LogP contribution in [0.2, 0.25) is 0 Å². The minimum atomic E-state index is -0.277. The highest BCUT2D eigenvalue weighted by molar-refractivity contribution is 5.79. The molecule has 2 aliphatic heterocycles. The van der Waals surface area contributed by atoms with E-state index in [0.29, 0.717) is 31.5 Å². The predicted molar refractivity (Wildman–Crippen MR) is 132 cm³/mol. The summed E-state index contributed by atoms with van der Waals surface area (Å²) in [5.41, 5.74) is 9.25. The molecule has 3 aliphatic rings. The highest BCUT2D eigenvalue weighted by Gasteiger charge is 2.43. The molecule has 8 nitrogen and oxygen atoms in total. The van der Waals surface area contributed by atoms with Gasteiger partial charge in [0.15, 0.2) is 0 Å². The molecule has 1 saturated carbocycles. The van der Waals surface area contributed by atoms with Crippen LogP contribution >= 0.6 is 0 Å². The number of carbonyl (C=O) groups is 2. The van der Waals surface area contributed by atoms with E-state index in [0.717, 1.165) is 31.2 Å². The monoisotopic (exact) mass is 477 g/mol. The van der Waals surface area contributed by atoms with Crippen molar-refractivity contribution in [3.63, 3.8) is 0 Å². The summed E-state index contributed by atoms with van der Waals surface area (Å²) in [4.78, 5) is 32.1. The molecule has 0 radical (unpaired) electrons. The molecule has 3 N–H and O–H groups in total. The molecule has 35 heavy (non-hydrogen) atoms. The van der Waals surface area contributed by atoms with Crippen LogP contribution in [0.3, 0.4) is 0 Å². The van der Waals surface area contributed by atoms with Crippen LogP contribution in [0, 0.1) is 11.8 Å². The van der Waals surface area contributed by atoms with Crippen molar-refractivity contribution in [3.05, 3.63) is 66.0 Å². The van der Waals surface area contributed by atoms with E-state index < -0.39 is 0 Å². The van der Waals surface area contributed by atoms with Gasteiger partial charge in [0.25, 0.3) is 0 Å². The lowest BCUT2D eigenvalue weighted by molar-refractivity contribution is -0.149. The van der Waals surface area contributed by atoms with Crippen molar-refractivity contribution in [2.45, 2.75) is 62.8 Å². The third-order valence-corrected chi connectivity index (χ3v) is 7.92. The van der Waals surface area contributed by atoms with Crippen LogP contribution in [0.5, 0.6) is 0 Å². The Balaban J connectivity index is 1.21. The number of aromatic nitrogens is 1. The third-order valence-electron chi connectivity index (χ3n) is 7.92. The lowest BCUT2D eigenvalue weighted by Crippen LogP contribution is -2.55. The number of ether oxygens (including phenoxy) is 1. The number of nitrogens with one attached hydrogen (secondary N) is 3. The number of piperidine rings is 1. The number of hydrogen-bond acceptors (Lipinski definition) is 7. The van der Waals surface area contributed by atoms with Crippen molar-refractivity contribution in [2.75, 3.05) is 13.7 Å². The van der Waals surface area contributed by atoms with Crippen LogP contribution in [0.4, 0.5) is 0 Å². The van der Waals surface area contributed by atoms with E-state index in [1.165, 1.54) is 12.7 Å². The number of fused-ring (bicyclic) bond motifs is 1. The maximum atomic E-state index is 13.4. The first kappa shape index (κ1) is 23.9. The van der Waals surface area contributed by atoms with Crippen LogP contribution in [0.15, 0.2) is 54.9 Å². The number of hydrogen-bond donors (Lipinski definition) is 3. The molecule has 1 amide bonds. The summed E-state index contributed by atoms with van der Waals surface area (Å²) in [5, 5.41) is 3.33. The number of methoxy groups -OCH3 is 1. The molecule has 1 aromatic carbocycles. The van der Waals surface area contributed by atoms with Crippen LogP contribution in [0.25, 0.3) is 0 Å². The number of rotatable bonds is 6. The molecule has 2 saturated heterocycles. The SMILES string of the molecule is COC(=O)[C@@H]1CC[C@@H](NC(=O)C2CCC3NNC(c4ccncc4)C3C2)CN1Cc1ccccc1. The lowest BCUT2D eigenvalue weighted by atomic mass is 9.74. The van der Waals surface area contributed by atoms with Crippen molar-refractivity contribution in [1.82, 2.24) is 26.1 Å². The average molecular weight is 478 g/mol. The molecule has 3 heterocycles. The molecule has 0 spiro atoms. The van der Waals surface area contributed by atoms with E-state index >= 15 is 0 Å². The molecule has 3 fully saturated rings. The summed E-state index contributed by atoms with van der Waals surface area (Å²) in [6.07, 6.45) is 7.82. The molecule has 2 aromatic rings. The van der Waals surface area contributed by atoms with E-state index in [1.54, 1.807) is 0 Å². The fourth-order valence-electron chi connectivity index (χ4n) is 6.07. The Morgan fingerprint density at radius 1 is 1.06 bits per heavy atom. The number of amides is 1. The second-order valence-electron chi connectivity index (χ2n) is 10.1. The van der Waals surface area contributed by atoms with E-state index in [9.17, 15) is 9.59 Å². The van der Waals surface area contributed by atoms with Gasteiger partial charge in [-0.15, -0.1) is 0 Å². The highest BCUT2D eigenvalue weighted by atomic mass is 16.5. The van der Waals surface area contributed by atoms with E-state index in [4.69, 9.17) is 4.74 Å². The Hall–Kier alpha value is -2.81. The fraction of sp³-hybridized carbons (Fsp3) is 0.519. The molecule has 1 aromatic heterocycles. The van der Waals surface area contributed by atoms with Gasteiger partial charge in [-0.3, -0.25) is 24.9 Å². The van der Waals surface area contributed by atoms with Gasteiger partial charge in [0.1, 0.15) is 6.04 Å². The quantitative estimate of drug-likeness (QED) is 0.550. The van der Waals surface area contributed by atoms with Gasteiger partial charge in [0, 0.05) is 43.5 Å². The Kier molecular flexibility index (Phi) is 7.41. The highest BCUT2D eigenvalue weighted by Crippen LogP contribution is 2.40. The van der Waals surface area contributed by atoms with E-state index in [2.05, 4.69) is 38.2 Å². The Morgan fingerprint density at radius 2 is 1.86 bits per heavy atom. The Morgan fingerprint density at radius 3 is 2.63 bits per heavy atom. The normalized spacial score (nSPS) is 30.9. The maximum Gasteiger partial charge on any atom is 0.323 e. The van der Waals surface area contributed by atoms with Crippen LogP contribution in [0.1, 0.15) is 49.3 Å². The number of likely N-dealkylation sites (tertiary alicyclic amines) is 1. The summed E-state index contributed by atoms with van der Waals surface area (Å²) in [6, 6.07) is 14.6. The van der Waals surface area contributed by atoms with E-state index in [-0.39, 0.29) is 35.9 Å². The van der Waals surface area contributed by atoms with Gasteiger partial charge in [-0.1, -0.05) is 30.3 Å². The standard InChI is InChI=1S/C27H35N5O3/c1-35-27(34)24-10-8-21(17-32(24)16-18-5-3-2-4-6-18)29-26(33)20-7-9-23-22(15-20)25(31-30-23)19-11-13-28-14-12-19/h2-6,11-14,20-25,30-31H,7-10,15-17H2,1H3,(H,29,33)/t20?,21-,22?,23?,24+,25?/m1/s1. The van der Waals surface area contributed by atoms with Crippen molar-refractivity contribution in [3.8, 4) is 0 Å². The maximum absolute atomic E-state index is 13.4. The van der Waals surface area contributed by atoms with Gasteiger partial charge in [-0.05, 0) is 61.3 Å². The zero-order valence-electron chi connectivity index (χ0n) is 20.2. The number of pyridine rings is 1. The van der Waals surface area contributed by atoms with Crippen LogP contribution in [-0.4, -0.2) is 53.5 Å². The topological polar surface area (TPSA) is 95.6 Å². The van der Waals surface area contributed by atoms with Gasteiger partial charge in [0.2, 0.25) is 5.91 Å². The molecule has 6 atom stereocenters. The summed E-state index contributed by atoms with van der Waals surface area (Å²) < 4.78 is 5.07. The number of esters is 1. The average Bonchev–Trinajstić information content (AvgIpc) is 3.33. The molecule has 186 valence electrons. The molecular weight excluding hydrogens is 442 g/mol. The van der Waals surface area contributed by atoms with E-state index in [1.807, 2.05) is 42.7 Å². The first-order valence-corrected chi connectivity index (χ1v) is 12.7. The van der Waals surface area contributed by atoms with Gasteiger partial charge in [0.05, 0.1) is 13.2 Å². The number of benzene rings is 1. The summed E-state index contributed by atoms with van der Waals surface area (Å²) in [6.45, 7) is 1.30. The minimum Gasteiger partial charge on any atom is -0.468 e. The third kappa shape index (κ3) is 5.39. The first-order chi connectivity index (χ1) is 17.1. The summed E-state index contributed by atoms with van der Waals surface area (Å²) in [5.74, 6) is 0.312. The predicted octanol–water partition coefficient (Wildman–Crippen LogP) is 2.34. The van der Waals surface area contributed by atoms with Gasteiger partial charge in [-0.25, -0.2) is 5.43 Å². The zero-order chi connectivity index (χ0) is 24.2. The largest absolute Gasteiger partial charge is 0.468 e. The Bertz CT molecular complexity index is 1000. The second kappa shape index (κ2) is 10.8. The second-order valence-corrected chi connectivity index (χ2v) is 10.1. The number of nitrogens with zero attached hydrogens (tertiary/aromatic N) is 2. The first-order valence-electron chi connectivity index (χ1n) is 12.7. The lowest BCUT2D eigenvalue weighted by Gasteiger charge is -2.39. The van der Waals surface area contributed by atoms with Gasteiger partial charge >= 0.3 is 5.97 Å². The molecule has 8 heteroatoms. The van der Waals surface area contributed by atoms with Gasteiger partial charge < -0.3 is 10.1 Å². The fourth-order valence-corrected chi connectivity index (χ4v) is 6.07. The van der Waals surface area contributed by atoms with Crippen LogP contribution < -0.4 is 16.2 Å². The Labute approximate surface area is 206 Å². The molecule has 0 bridgehead atoms. The molecular formula is C27H35N5O3. The van der Waals surface area contributed by atoms with Crippen LogP contribution in [-0.2, 0) is 20.9 Å². The van der Waals surface area contributed by atoms with Crippen molar-refractivity contribution in [2.24, 2.45) is 11.8 Å². The van der Waals surface area contributed by atoms with Gasteiger partial charge in [-0.2, -0.15) is 0 Å².